The zero-order valence-electron chi connectivity index (χ0n) is 5.10. The van der Waals surface area contributed by atoms with Crippen LogP contribution in [-0.2, 0) is 0 Å². The lowest BCUT2D eigenvalue weighted by molar-refractivity contribution is 0.906. The molecule has 2 heterocycles. The van der Waals surface area contributed by atoms with Crippen LogP contribution in [0.25, 0.3) is 5.52 Å². The molecule has 0 aliphatic carbocycles. The predicted octanol–water partition coefficient (Wildman–Crippen LogP) is -0.294. The summed E-state index contributed by atoms with van der Waals surface area (Å²) in [6.45, 7) is 0. The molecule has 5 heteroatoms. The largest absolute Gasteiger partial charge is 0.367 e. The van der Waals surface area contributed by atoms with E-state index in [0.717, 1.165) is 5.52 Å². The molecular weight excluding hydrogens is 130 g/mol. The van der Waals surface area contributed by atoms with Gasteiger partial charge in [0.1, 0.15) is 11.8 Å². The van der Waals surface area contributed by atoms with Crippen LogP contribution in [0, 0.1) is 0 Å². The minimum absolute atomic E-state index is 0.255. The van der Waals surface area contributed by atoms with Gasteiger partial charge in [-0.05, 0) is 0 Å². The molecule has 2 aromatic rings. The molecule has 2 rings (SSSR count). The second-order valence-electron chi connectivity index (χ2n) is 1.88. The van der Waals surface area contributed by atoms with E-state index < -0.39 is 0 Å². The van der Waals surface area contributed by atoms with Crippen LogP contribution in [0.5, 0.6) is 0 Å². The second-order valence-corrected chi connectivity index (χ2v) is 1.88. The number of imidazole rings is 1. The fourth-order valence-corrected chi connectivity index (χ4v) is 0.743. The Bertz CT molecular complexity index is 352. The second kappa shape index (κ2) is 1.66. The third kappa shape index (κ3) is 0.604. The van der Waals surface area contributed by atoms with Crippen molar-refractivity contribution in [3.63, 3.8) is 0 Å². The van der Waals surface area contributed by atoms with Gasteiger partial charge in [-0.2, -0.15) is 0 Å². The number of nitrogen functional groups attached to an aromatic ring is 1. The Morgan fingerprint density at radius 2 is 2.30 bits per heavy atom. The van der Waals surface area contributed by atoms with Gasteiger partial charge in [-0.15, -0.1) is 5.10 Å². The molecule has 0 aromatic carbocycles. The van der Waals surface area contributed by atoms with Gasteiger partial charge in [0.25, 0.3) is 0 Å². The first-order valence-corrected chi connectivity index (χ1v) is 2.77. The van der Waals surface area contributed by atoms with Crippen LogP contribution in [-0.4, -0.2) is 19.6 Å². The molecule has 50 valence electrons. The molecule has 0 radical (unpaired) electrons. The number of hydrogen-bond donors (Lipinski definition) is 1. The average molecular weight is 135 g/mol. The lowest BCUT2D eigenvalue weighted by Gasteiger charge is -1.90. The van der Waals surface area contributed by atoms with E-state index in [0.29, 0.717) is 0 Å². The predicted molar refractivity (Wildman–Crippen MR) is 35.2 cm³/mol. The molecule has 0 unspecified atom stereocenters. The smallest absolute Gasteiger partial charge is 0.238 e. The van der Waals surface area contributed by atoms with Crippen LogP contribution >= 0.6 is 0 Å². The van der Waals surface area contributed by atoms with Crippen molar-refractivity contribution in [2.45, 2.75) is 0 Å². The molecule has 0 amide bonds. The van der Waals surface area contributed by atoms with Crippen LogP contribution in [0.2, 0.25) is 0 Å². The highest BCUT2D eigenvalue weighted by molar-refractivity contribution is 5.41. The van der Waals surface area contributed by atoms with Crippen molar-refractivity contribution in [3.8, 4) is 0 Å². The van der Waals surface area contributed by atoms with Crippen molar-refractivity contribution in [2.24, 2.45) is 0 Å². The first kappa shape index (κ1) is 5.16. The minimum atomic E-state index is 0.255. The van der Waals surface area contributed by atoms with Crippen LogP contribution in [0.15, 0.2) is 18.7 Å². The summed E-state index contributed by atoms with van der Waals surface area (Å²) in [6.07, 6.45) is 4.86. The van der Waals surface area contributed by atoms with E-state index >= 15 is 0 Å². The fourth-order valence-electron chi connectivity index (χ4n) is 0.743. The van der Waals surface area contributed by atoms with E-state index in [2.05, 4.69) is 15.1 Å². The summed E-state index contributed by atoms with van der Waals surface area (Å²) < 4.78 is 1.57. The Labute approximate surface area is 56.5 Å². The monoisotopic (exact) mass is 135 g/mol. The van der Waals surface area contributed by atoms with Crippen molar-refractivity contribution in [1.29, 1.82) is 0 Å². The molecule has 2 N–H and O–H groups in total. The summed E-state index contributed by atoms with van der Waals surface area (Å²) in [5, 5.41) is 3.86. The van der Waals surface area contributed by atoms with E-state index in [1.54, 1.807) is 23.2 Å². The molecule has 0 saturated heterocycles. The Kier molecular flexibility index (Phi) is 0.858. The topological polar surface area (TPSA) is 69.1 Å². The Morgan fingerprint density at radius 1 is 1.40 bits per heavy atom. The normalized spacial score (nSPS) is 10.4. The molecule has 10 heavy (non-hydrogen) atoms. The third-order valence-electron chi connectivity index (χ3n) is 1.19. The van der Waals surface area contributed by atoms with Crippen molar-refractivity contribution < 1.29 is 0 Å². The van der Waals surface area contributed by atoms with Gasteiger partial charge in [0.15, 0.2) is 0 Å². The van der Waals surface area contributed by atoms with Gasteiger partial charge >= 0.3 is 0 Å². The van der Waals surface area contributed by atoms with Crippen LogP contribution in [0.3, 0.4) is 0 Å². The maximum atomic E-state index is 5.31. The van der Waals surface area contributed by atoms with E-state index in [9.17, 15) is 0 Å². The SMILES string of the molecule is Nc1ncc2cncn2n1. The molecule has 0 spiro atoms. The summed E-state index contributed by atoms with van der Waals surface area (Å²) in [5.41, 5.74) is 6.15. The van der Waals surface area contributed by atoms with E-state index in [1.807, 2.05) is 0 Å². The van der Waals surface area contributed by atoms with Gasteiger partial charge in [-0.25, -0.2) is 14.5 Å². The Morgan fingerprint density at radius 3 is 3.20 bits per heavy atom. The highest BCUT2D eigenvalue weighted by Crippen LogP contribution is 1.97. The van der Waals surface area contributed by atoms with E-state index in [1.165, 1.54) is 0 Å². The minimum Gasteiger partial charge on any atom is -0.367 e. The molecular formula is C5H5N5. The molecule has 0 atom stereocenters. The summed E-state index contributed by atoms with van der Waals surface area (Å²) in [4.78, 5) is 7.63. The van der Waals surface area contributed by atoms with Crippen molar-refractivity contribution in [2.75, 3.05) is 5.73 Å². The summed E-state index contributed by atoms with van der Waals surface area (Å²) in [5.74, 6) is 0.255. The molecule has 0 bridgehead atoms. The number of nitrogens with zero attached hydrogens (tertiary/aromatic N) is 4. The quantitative estimate of drug-likeness (QED) is 0.538. The zero-order chi connectivity index (χ0) is 6.97. The number of aromatic nitrogens is 4. The van der Waals surface area contributed by atoms with Crippen molar-refractivity contribution in [3.05, 3.63) is 18.7 Å². The molecule has 2 aromatic heterocycles. The Balaban J connectivity index is 2.86. The lowest BCUT2D eigenvalue weighted by atomic mass is 10.6. The maximum absolute atomic E-state index is 5.31. The Hall–Kier alpha value is -1.65. The van der Waals surface area contributed by atoms with Crippen LogP contribution < -0.4 is 5.73 Å². The number of rotatable bonds is 0. The zero-order valence-corrected chi connectivity index (χ0v) is 5.10. The van der Waals surface area contributed by atoms with Crippen LogP contribution in [0.1, 0.15) is 0 Å². The third-order valence-corrected chi connectivity index (χ3v) is 1.19. The number of anilines is 1. The number of hydrogen-bond acceptors (Lipinski definition) is 4. The fraction of sp³-hybridized carbons (Fsp3) is 0. The van der Waals surface area contributed by atoms with Gasteiger partial charge in [-0.3, -0.25) is 0 Å². The first-order valence-electron chi connectivity index (χ1n) is 2.77. The lowest BCUT2D eigenvalue weighted by Crippen LogP contribution is -1.98. The van der Waals surface area contributed by atoms with Gasteiger partial charge in [0, 0.05) is 0 Å². The first-order chi connectivity index (χ1) is 4.86. The molecule has 0 aliphatic heterocycles. The highest BCUT2D eigenvalue weighted by atomic mass is 15.3. The highest BCUT2D eigenvalue weighted by Gasteiger charge is 1.92. The molecule has 0 fully saturated rings. The van der Waals surface area contributed by atoms with Gasteiger partial charge < -0.3 is 5.73 Å². The molecule has 0 saturated carbocycles. The van der Waals surface area contributed by atoms with Crippen molar-refractivity contribution in [1.82, 2.24) is 19.6 Å². The van der Waals surface area contributed by atoms with Gasteiger partial charge in [-0.1, -0.05) is 0 Å². The average Bonchev–Trinajstić information content (AvgIpc) is 2.33. The van der Waals surface area contributed by atoms with E-state index in [4.69, 9.17) is 5.73 Å². The number of nitrogens with two attached hydrogens (primary N) is 1. The summed E-state index contributed by atoms with van der Waals surface area (Å²) in [6, 6.07) is 0. The van der Waals surface area contributed by atoms with Crippen LogP contribution in [0.4, 0.5) is 5.95 Å². The summed E-state index contributed by atoms with van der Waals surface area (Å²) in [7, 11) is 0. The maximum Gasteiger partial charge on any atom is 0.238 e. The van der Waals surface area contributed by atoms with Gasteiger partial charge in [0.2, 0.25) is 5.95 Å². The molecule has 5 nitrogen and oxygen atoms in total. The standard InChI is InChI=1S/C5H5N5/c6-5-8-2-4-1-7-3-10(4)9-5/h1-3H,(H2,6,9). The van der Waals surface area contributed by atoms with Crippen molar-refractivity contribution >= 4 is 11.5 Å². The van der Waals surface area contributed by atoms with Gasteiger partial charge in [0.05, 0.1) is 12.4 Å². The summed E-state index contributed by atoms with van der Waals surface area (Å²) >= 11 is 0. The molecule has 0 aliphatic rings. The number of fused-ring (bicyclic) bond motifs is 1. The van der Waals surface area contributed by atoms with E-state index in [-0.39, 0.29) is 5.95 Å².